The summed E-state index contributed by atoms with van der Waals surface area (Å²) in [4.78, 5) is 12.0. The molecule has 4 nitrogen and oxygen atoms in total. The smallest absolute Gasteiger partial charge is 0.266 e. The molecule has 0 saturated carbocycles. The second-order valence-corrected chi connectivity index (χ2v) is 7.14. The van der Waals surface area contributed by atoms with Crippen molar-refractivity contribution >= 4 is 39.1 Å². The Morgan fingerprint density at radius 2 is 1.89 bits per heavy atom. The summed E-state index contributed by atoms with van der Waals surface area (Å²) >= 11 is 11.6. The van der Waals surface area contributed by atoms with E-state index in [0.29, 0.717) is 0 Å². The molecule has 1 aliphatic rings. The Kier molecular flexibility index (Phi) is 4.08. The lowest BCUT2D eigenvalue weighted by molar-refractivity contribution is -0.123. The Bertz CT molecular complexity index is 585. The molecular formula is C12H13Cl2NO3S. The minimum Gasteiger partial charge on any atom is -0.272 e. The largest absolute Gasteiger partial charge is 0.272 e. The molecule has 0 aliphatic carbocycles. The van der Waals surface area contributed by atoms with Crippen molar-refractivity contribution in [3.05, 3.63) is 29.8 Å². The van der Waals surface area contributed by atoms with Crippen molar-refractivity contribution in [3.8, 4) is 0 Å². The first kappa shape index (κ1) is 14.6. The van der Waals surface area contributed by atoms with Gasteiger partial charge in [-0.25, -0.2) is 12.7 Å². The molecule has 7 heteroatoms. The van der Waals surface area contributed by atoms with Gasteiger partial charge in [-0.15, -0.1) is 23.2 Å². The minimum absolute atomic E-state index is 0.0344. The van der Waals surface area contributed by atoms with Crippen LogP contribution in [-0.2, 0) is 14.8 Å². The van der Waals surface area contributed by atoms with E-state index in [4.69, 9.17) is 23.2 Å². The SMILES string of the molecule is Cc1ccc(S(=O)(=O)N2C[C@H](CCl)[C@@H](Cl)C2=O)cc1. The Hall–Kier alpha value is -0.780. The molecule has 1 saturated heterocycles. The third kappa shape index (κ3) is 2.59. The van der Waals surface area contributed by atoms with E-state index in [1.807, 2.05) is 6.92 Å². The molecule has 1 heterocycles. The monoisotopic (exact) mass is 321 g/mol. The van der Waals surface area contributed by atoms with E-state index >= 15 is 0 Å². The fourth-order valence-corrected chi connectivity index (χ4v) is 4.10. The van der Waals surface area contributed by atoms with E-state index in [9.17, 15) is 13.2 Å². The summed E-state index contributed by atoms with van der Waals surface area (Å²) in [5, 5.41) is -0.877. The third-order valence-corrected chi connectivity index (χ3v) is 5.82. The van der Waals surface area contributed by atoms with E-state index in [2.05, 4.69) is 0 Å². The van der Waals surface area contributed by atoms with Crippen molar-refractivity contribution in [1.29, 1.82) is 0 Å². The predicted molar refractivity (Wildman–Crippen MR) is 73.9 cm³/mol. The highest BCUT2D eigenvalue weighted by Gasteiger charge is 2.44. The van der Waals surface area contributed by atoms with Crippen LogP contribution in [0.25, 0.3) is 0 Å². The highest BCUT2D eigenvalue weighted by Crippen LogP contribution is 2.29. The van der Waals surface area contributed by atoms with Crippen LogP contribution in [-0.4, -0.2) is 36.4 Å². The predicted octanol–water partition coefficient (Wildman–Crippen LogP) is 1.99. The van der Waals surface area contributed by atoms with Crippen LogP contribution >= 0.6 is 23.2 Å². The third-order valence-electron chi connectivity index (χ3n) is 3.10. The molecule has 2 atom stereocenters. The Morgan fingerprint density at radius 3 is 2.37 bits per heavy atom. The first-order chi connectivity index (χ1) is 8.87. The Labute approximate surface area is 122 Å². The highest BCUT2D eigenvalue weighted by atomic mass is 35.5. The molecule has 1 amide bonds. The number of benzene rings is 1. The molecule has 104 valence electrons. The second kappa shape index (κ2) is 5.31. The maximum atomic E-state index is 12.4. The normalized spacial score (nSPS) is 23.9. The molecule has 0 N–H and O–H groups in total. The fraction of sp³-hybridized carbons (Fsp3) is 0.417. The number of amides is 1. The average molecular weight is 322 g/mol. The number of hydrogen-bond acceptors (Lipinski definition) is 3. The number of rotatable bonds is 3. The van der Waals surface area contributed by atoms with Crippen LogP contribution in [0.1, 0.15) is 5.56 Å². The lowest BCUT2D eigenvalue weighted by Crippen LogP contribution is -2.34. The lowest BCUT2D eigenvalue weighted by atomic mass is 10.1. The Balaban J connectivity index is 2.36. The summed E-state index contributed by atoms with van der Waals surface area (Å²) in [5.74, 6) is -0.802. The standard InChI is InChI=1S/C12H13Cl2NO3S/c1-8-2-4-10(5-3-8)19(17,18)15-7-9(6-13)11(14)12(15)16/h2-5,9,11H,6-7H2,1H3/t9-,11+/m0/s1. The van der Waals surface area contributed by atoms with Gasteiger partial charge in [-0.05, 0) is 19.1 Å². The Morgan fingerprint density at radius 1 is 1.32 bits per heavy atom. The first-order valence-corrected chi connectivity index (χ1v) is 8.12. The number of nitrogens with zero attached hydrogens (tertiary/aromatic N) is 1. The van der Waals surface area contributed by atoms with E-state index < -0.39 is 21.3 Å². The maximum absolute atomic E-state index is 12.4. The number of halogens is 2. The van der Waals surface area contributed by atoms with Gasteiger partial charge in [0.25, 0.3) is 15.9 Å². The van der Waals surface area contributed by atoms with Crippen LogP contribution in [0.15, 0.2) is 29.2 Å². The quantitative estimate of drug-likeness (QED) is 0.800. The van der Waals surface area contributed by atoms with Gasteiger partial charge in [0.2, 0.25) is 0 Å². The van der Waals surface area contributed by atoms with Gasteiger partial charge < -0.3 is 0 Å². The first-order valence-electron chi connectivity index (χ1n) is 5.71. The van der Waals surface area contributed by atoms with Gasteiger partial charge in [-0.1, -0.05) is 17.7 Å². The van der Waals surface area contributed by atoms with Crippen molar-refractivity contribution in [2.24, 2.45) is 5.92 Å². The second-order valence-electron chi connectivity index (χ2n) is 4.50. The number of hydrogen-bond donors (Lipinski definition) is 0. The number of carbonyl (C=O) groups excluding carboxylic acids is 1. The van der Waals surface area contributed by atoms with Crippen LogP contribution in [0, 0.1) is 12.8 Å². The summed E-state index contributed by atoms with van der Waals surface area (Å²) in [6.45, 7) is 1.89. The number of carbonyl (C=O) groups is 1. The van der Waals surface area contributed by atoms with Crippen LogP contribution < -0.4 is 0 Å². The molecule has 0 radical (unpaired) electrons. The summed E-state index contributed by atoms with van der Waals surface area (Å²) in [6, 6.07) is 6.33. The minimum atomic E-state index is -3.84. The highest BCUT2D eigenvalue weighted by molar-refractivity contribution is 7.89. The van der Waals surface area contributed by atoms with E-state index in [1.54, 1.807) is 12.1 Å². The van der Waals surface area contributed by atoms with Gasteiger partial charge in [-0.2, -0.15) is 0 Å². The molecule has 19 heavy (non-hydrogen) atoms. The van der Waals surface area contributed by atoms with Gasteiger partial charge in [0.05, 0.1) is 4.90 Å². The molecule has 0 spiro atoms. The van der Waals surface area contributed by atoms with Gasteiger partial charge >= 0.3 is 0 Å². The van der Waals surface area contributed by atoms with Crippen molar-refractivity contribution < 1.29 is 13.2 Å². The van der Waals surface area contributed by atoms with Gasteiger partial charge in [0, 0.05) is 18.3 Å². The van der Waals surface area contributed by atoms with Crippen LogP contribution in [0.3, 0.4) is 0 Å². The molecule has 1 aromatic rings. The van der Waals surface area contributed by atoms with E-state index in [1.165, 1.54) is 12.1 Å². The summed E-state index contributed by atoms with van der Waals surface area (Å²) in [7, 11) is -3.84. The maximum Gasteiger partial charge on any atom is 0.266 e. The molecule has 1 aromatic carbocycles. The van der Waals surface area contributed by atoms with Crippen molar-refractivity contribution in [2.45, 2.75) is 17.2 Å². The van der Waals surface area contributed by atoms with E-state index in [-0.39, 0.29) is 23.2 Å². The van der Waals surface area contributed by atoms with Crippen LogP contribution in [0.4, 0.5) is 0 Å². The summed E-state index contributed by atoms with van der Waals surface area (Å²) in [6.07, 6.45) is 0. The van der Waals surface area contributed by atoms with E-state index in [0.717, 1.165) is 9.87 Å². The molecule has 0 bridgehead atoms. The average Bonchev–Trinajstić information content (AvgIpc) is 2.67. The zero-order valence-electron chi connectivity index (χ0n) is 10.2. The molecular weight excluding hydrogens is 309 g/mol. The number of alkyl halides is 2. The van der Waals surface area contributed by atoms with Crippen LogP contribution in [0.2, 0.25) is 0 Å². The molecule has 1 fully saturated rings. The van der Waals surface area contributed by atoms with Crippen LogP contribution in [0.5, 0.6) is 0 Å². The topological polar surface area (TPSA) is 54.5 Å². The molecule has 1 aliphatic heterocycles. The zero-order chi connectivity index (χ0) is 14.2. The molecule has 0 unspecified atom stereocenters. The summed E-state index contributed by atoms with van der Waals surface area (Å²) < 4.78 is 25.6. The van der Waals surface area contributed by atoms with Gasteiger partial charge in [0.15, 0.2) is 0 Å². The lowest BCUT2D eigenvalue weighted by Gasteiger charge is -2.16. The number of aryl methyl sites for hydroxylation is 1. The molecule has 2 rings (SSSR count). The summed E-state index contributed by atoms with van der Waals surface area (Å²) in [5.41, 5.74) is 0.945. The fourth-order valence-electron chi connectivity index (χ4n) is 1.92. The van der Waals surface area contributed by atoms with Crippen molar-refractivity contribution in [1.82, 2.24) is 4.31 Å². The van der Waals surface area contributed by atoms with Crippen molar-refractivity contribution in [2.75, 3.05) is 12.4 Å². The number of sulfonamides is 1. The zero-order valence-corrected chi connectivity index (χ0v) is 12.5. The van der Waals surface area contributed by atoms with Gasteiger partial charge in [0.1, 0.15) is 5.38 Å². The van der Waals surface area contributed by atoms with Gasteiger partial charge in [-0.3, -0.25) is 4.79 Å². The molecule has 0 aromatic heterocycles. The van der Waals surface area contributed by atoms with Crippen molar-refractivity contribution in [3.63, 3.8) is 0 Å².